The Morgan fingerprint density at radius 1 is 1.12 bits per heavy atom. The maximum atomic E-state index is 11.4. The Bertz CT molecular complexity index is 334. The molecule has 0 saturated carbocycles. The van der Waals surface area contributed by atoms with E-state index in [1.54, 1.807) is 12.1 Å². The second-order valence-corrected chi connectivity index (χ2v) is 3.21. The van der Waals surface area contributed by atoms with Crippen molar-refractivity contribution in [3.8, 4) is 0 Å². The highest BCUT2D eigenvalue weighted by atomic mass is 16.2. The summed E-state index contributed by atoms with van der Waals surface area (Å²) in [5.41, 5.74) is 0.949. The fourth-order valence-corrected chi connectivity index (χ4v) is 1.23. The summed E-state index contributed by atoms with van der Waals surface area (Å²) in [6, 6.07) is 7.52. The molecule has 4 heteroatoms. The van der Waals surface area contributed by atoms with Crippen LogP contribution in [0.15, 0.2) is 18.2 Å². The molecule has 0 aliphatic rings. The molecule has 2 N–H and O–H groups in total. The lowest BCUT2D eigenvalue weighted by Crippen LogP contribution is -2.24. The first kappa shape index (κ1) is 12.2. The second-order valence-electron chi connectivity index (χ2n) is 3.21. The van der Waals surface area contributed by atoms with Crippen molar-refractivity contribution in [1.82, 2.24) is 10.6 Å². The molecule has 0 heterocycles. The van der Waals surface area contributed by atoms with E-state index in [-0.39, 0.29) is 11.8 Å². The van der Waals surface area contributed by atoms with Crippen LogP contribution in [0.4, 0.5) is 0 Å². The maximum Gasteiger partial charge on any atom is 0.251 e. The molecule has 0 bridgehead atoms. The van der Waals surface area contributed by atoms with E-state index in [1.165, 1.54) is 6.07 Å². The predicted molar refractivity (Wildman–Crippen MR) is 61.3 cm³/mol. The van der Waals surface area contributed by atoms with Crippen molar-refractivity contribution < 1.29 is 9.59 Å². The lowest BCUT2D eigenvalue weighted by Gasteiger charge is -2.04. The summed E-state index contributed by atoms with van der Waals surface area (Å²) in [7, 11) is 0. The normalized spacial score (nSPS) is 9.62. The number of hydrogen-bond acceptors (Lipinski definition) is 2. The molecule has 16 heavy (non-hydrogen) atoms. The summed E-state index contributed by atoms with van der Waals surface area (Å²) in [4.78, 5) is 22.8. The number of rotatable bonds is 4. The number of benzene rings is 1. The summed E-state index contributed by atoms with van der Waals surface area (Å²) in [6.07, 6.45) is 0. The zero-order valence-corrected chi connectivity index (χ0v) is 9.46. The molecule has 0 atom stereocenters. The molecular weight excluding hydrogens is 204 g/mol. The van der Waals surface area contributed by atoms with Crippen molar-refractivity contribution in [3.63, 3.8) is 0 Å². The van der Waals surface area contributed by atoms with Crippen molar-refractivity contribution in [1.29, 1.82) is 0 Å². The van der Waals surface area contributed by atoms with Crippen LogP contribution in [0.1, 0.15) is 34.6 Å². The molecule has 85 valence electrons. The van der Waals surface area contributed by atoms with Crippen molar-refractivity contribution >= 4 is 11.8 Å². The van der Waals surface area contributed by atoms with E-state index in [0.29, 0.717) is 24.2 Å². The molecule has 1 aromatic rings. The van der Waals surface area contributed by atoms with Gasteiger partial charge in [0, 0.05) is 24.2 Å². The maximum absolute atomic E-state index is 11.4. The third-order valence-corrected chi connectivity index (χ3v) is 1.99. The quantitative estimate of drug-likeness (QED) is 0.793. The second kappa shape index (κ2) is 5.90. The van der Waals surface area contributed by atoms with Crippen LogP contribution in [-0.2, 0) is 0 Å². The Balaban J connectivity index is 2.75. The van der Waals surface area contributed by atoms with Crippen molar-refractivity contribution in [2.75, 3.05) is 13.1 Å². The Kier molecular flexibility index (Phi) is 4.51. The van der Waals surface area contributed by atoms with E-state index in [2.05, 4.69) is 16.7 Å². The first-order chi connectivity index (χ1) is 7.69. The zero-order chi connectivity index (χ0) is 12.0. The molecule has 0 fully saturated rings. The number of carbonyl (C=O) groups is 2. The number of hydrogen-bond donors (Lipinski definition) is 2. The van der Waals surface area contributed by atoms with Gasteiger partial charge in [0.05, 0.1) is 0 Å². The topological polar surface area (TPSA) is 58.2 Å². The minimum Gasteiger partial charge on any atom is -0.352 e. The van der Waals surface area contributed by atoms with Gasteiger partial charge in [0.1, 0.15) is 0 Å². The van der Waals surface area contributed by atoms with E-state index >= 15 is 0 Å². The van der Waals surface area contributed by atoms with Crippen molar-refractivity contribution in [3.05, 3.63) is 35.4 Å². The minimum atomic E-state index is -0.176. The van der Waals surface area contributed by atoms with Crippen molar-refractivity contribution in [2.24, 2.45) is 0 Å². The largest absolute Gasteiger partial charge is 0.352 e. The van der Waals surface area contributed by atoms with Crippen LogP contribution in [-0.4, -0.2) is 24.9 Å². The molecule has 1 rings (SSSR count). The van der Waals surface area contributed by atoms with E-state index in [9.17, 15) is 9.59 Å². The van der Waals surface area contributed by atoms with Gasteiger partial charge in [-0.1, -0.05) is 0 Å². The third-order valence-electron chi connectivity index (χ3n) is 1.99. The number of amides is 2. The zero-order valence-electron chi connectivity index (χ0n) is 9.46. The van der Waals surface area contributed by atoms with Gasteiger partial charge in [-0.2, -0.15) is 0 Å². The Morgan fingerprint density at radius 3 is 2.25 bits per heavy atom. The number of carbonyl (C=O) groups excluding carboxylic acids is 2. The molecule has 4 nitrogen and oxygen atoms in total. The van der Waals surface area contributed by atoms with Crippen LogP contribution in [0.2, 0.25) is 0 Å². The number of nitrogens with one attached hydrogen (secondary N) is 2. The van der Waals surface area contributed by atoms with Gasteiger partial charge in [0.25, 0.3) is 11.8 Å². The minimum absolute atomic E-state index is 0.152. The summed E-state index contributed by atoms with van der Waals surface area (Å²) >= 11 is 0. The van der Waals surface area contributed by atoms with E-state index < -0.39 is 0 Å². The fourth-order valence-electron chi connectivity index (χ4n) is 1.23. The summed E-state index contributed by atoms with van der Waals surface area (Å²) in [6.45, 7) is 4.85. The van der Waals surface area contributed by atoms with Gasteiger partial charge < -0.3 is 10.6 Å². The molecule has 0 spiro atoms. The molecule has 0 aromatic heterocycles. The predicted octanol–water partition coefficient (Wildman–Crippen LogP) is 0.986. The van der Waals surface area contributed by atoms with Gasteiger partial charge in [-0.05, 0) is 38.1 Å². The van der Waals surface area contributed by atoms with Crippen LogP contribution in [0, 0.1) is 6.07 Å². The van der Waals surface area contributed by atoms with Gasteiger partial charge in [-0.3, -0.25) is 9.59 Å². The highest BCUT2D eigenvalue weighted by Gasteiger charge is 2.07. The standard InChI is InChI=1S/C12H15N2O2/c1-3-13-11(15)9-5-7-10(8-6-9)12(16)14-4-2/h5-7H,3-4H2,1-2H3,(H,13,15)(H,14,16). The first-order valence-corrected chi connectivity index (χ1v) is 5.27. The highest BCUT2D eigenvalue weighted by molar-refractivity contribution is 5.97. The average Bonchev–Trinajstić information content (AvgIpc) is 2.30. The lowest BCUT2D eigenvalue weighted by atomic mass is 10.1. The van der Waals surface area contributed by atoms with Gasteiger partial charge in [-0.25, -0.2) is 0 Å². The van der Waals surface area contributed by atoms with Crippen LogP contribution < -0.4 is 10.6 Å². The first-order valence-electron chi connectivity index (χ1n) is 5.27. The molecule has 1 aromatic carbocycles. The molecule has 1 radical (unpaired) electrons. The molecule has 2 amide bonds. The van der Waals surface area contributed by atoms with E-state index in [0.717, 1.165) is 0 Å². The van der Waals surface area contributed by atoms with Gasteiger partial charge in [-0.15, -0.1) is 0 Å². The Morgan fingerprint density at radius 2 is 1.75 bits per heavy atom. The highest BCUT2D eigenvalue weighted by Crippen LogP contribution is 2.03. The molecule has 0 unspecified atom stereocenters. The molecule has 0 saturated heterocycles. The van der Waals surface area contributed by atoms with Crippen LogP contribution in [0.25, 0.3) is 0 Å². The lowest BCUT2D eigenvalue weighted by molar-refractivity contribution is 0.0943. The van der Waals surface area contributed by atoms with Gasteiger partial charge in [0.15, 0.2) is 0 Å². The summed E-state index contributed by atoms with van der Waals surface area (Å²) in [5.74, 6) is -0.328. The summed E-state index contributed by atoms with van der Waals surface area (Å²) < 4.78 is 0. The monoisotopic (exact) mass is 219 g/mol. The SMILES string of the molecule is CCNC(=O)c1[c]cc(C(=O)NCC)cc1. The smallest absolute Gasteiger partial charge is 0.251 e. The molecular formula is C12H15N2O2. The van der Waals surface area contributed by atoms with E-state index in [1.807, 2.05) is 13.8 Å². The van der Waals surface area contributed by atoms with Crippen LogP contribution in [0.3, 0.4) is 0 Å². The van der Waals surface area contributed by atoms with Gasteiger partial charge >= 0.3 is 0 Å². The Hall–Kier alpha value is -1.84. The third kappa shape index (κ3) is 3.08. The van der Waals surface area contributed by atoms with Gasteiger partial charge in [0.2, 0.25) is 0 Å². The summed E-state index contributed by atoms with van der Waals surface area (Å²) in [5, 5.41) is 5.34. The fraction of sp³-hybridized carbons (Fsp3) is 0.333. The average molecular weight is 219 g/mol. The van der Waals surface area contributed by atoms with Crippen molar-refractivity contribution in [2.45, 2.75) is 13.8 Å². The Labute approximate surface area is 95.0 Å². The van der Waals surface area contributed by atoms with E-state index in [4.69, 9.17) is 0 Å². The molecule has 0 aliphatic carbocycles. The van der Waals surface area contributed by atoms with Crippen LogP contribution >= 0.6 is 0 Å². The molecule has 0 aliphatic heterocycles. The van der Waals surface area contributed by atoms with Crippen LogP contribution in [0.5, 0.6) is 0 Å².